The van der Waals surface area contributed by atoms with E-state index >= 15 is 0 Å². The second-order valence-electron chi connectivity index (χ2n) is 5.12. The van der Waals surface area contributed by atoms with E-state index < -0.39 is 0 Å². The van der Waals surface area contributed by atoms with E-state index in [1.165, 1.54) is 9.75 Å². The van der Waals surface area contributed by atoms with Crippen LogP contribution in [0.3, 0.4) is 0 Å². The molecule has 1 aliphatic rings. The summed E-state index contributed by atoms with van der Waals surface area (Å²) in [4.78, 5) is 22.5. The van der Waals surface area contributed by atoms with Crippen LogP contribution in [0.2, 0.25) is 0 Å². The van der Waals surface area contributed by atoms with E-state index in [0.29, 0.717) is 0 Å². The molecule has 0 spiro atoms. The number of guanidine groups is 1. The highest BCUT2D eigenvalue weighted by atomic mass is 127. The smallest absolute Gasteiger partial charge is 0.219 e. The fourth-order valence-corrected chi connectivity index (χ4v) is 3.34. The van der Waals surface area contributed by atoms with E-state index in [4.69, 9.17) is 0 Å². The molecule has 0 unspecified atom stereocenters. The first kappa shape index (κ1) is 19.2. The van der Waals surface area contributed by atoms with Gasteiger partial charge in [0.2, 0.25) is 5.91 Å². The van der Waals surface area contributed by atoms with E-state index in [2.05, 4.69) is 34.3 Å². The average Bonchev–Trinajstić information content (AvgIpc) is 2.96. The van der Waals surface area contributed by atoms with Gasteiger partial charge in [0.25, 0.3) is 0 Å². The number of thiophene rings is 1. The Balaban J connectivity index is 0.00000242. The number of nitrogens with zero attached hydrogens (tertiary/aromatic N) is 3. The molecule has 5 nitrogen and oxygen atoms in total. The van der Waals surface area contributed by atoms with Crippen LogP contribution in [0, 0.1) is 0 Å². The first-order chi connectivity index (χ1) is 10.1. The second kappa shape index (κ2) is 9.34. The topological polar surface area (TPSA) is 47.9 Å². The van der Waals surface area contributed by atoms with Crippen LogP contribution in [0.5, 0.6) is 0 Å². The minimum Gasteiger partial charge on any atom is -0.351 e. The number of rotatable bonds is 3. The van der Waals surface area contributed by atoms with Crippen molar-refractivity contribution < 1.29 is 4.79 Å². The summed E-state index contributed by atoms with van der Waals surface area (Å²) in [5, 5.41) is 3.42. The summed E-state index contributed by atoms with van der Waals surface area (Å²) in [5.41, 5.74) is 0. The zero-order chi connectivity index (χ0) is 15.2. The number of piperazine rings is 1. The van der Waals surface area contributed by atoms with Gasteiger partial charge in [-0.2, -0.15) is 0 Å². The van der Waals surface area contributed by atoms with Crippen molar-refractivity contribution in [2.24, 2.45) is 4.99 Å². The number of carbonyl (C=O) groups excluding carboxylic acids is 1. The van der Waals surface area contributed by atoms with Crippen molar-refractivity contribution in [1.82, 2.24) is 15.1 Å². The molecule has 1 fully saturated rings. The Hall–Kier alpha value is -0.830. The van der Waals surface area contributed by atoms with Gasteiger partial charge >= 0.3 is 0 Å². The maximum atomic E-state index is 11.3. The van der Waals surface area contributed by atoms with Crippen molar-refractivity contribution in [3.05, 3.63) is 21.9 Å². The Bertz CT molecular complexity index is 509. The van der Waals surface area contributed by atoms with E-state index in [1.54, 1.807) is 6.92 Å². The fraction of sp³-hybridized carbons (Fsp3) is 0.600. The Labute approximate surface area is 153 Å². The highest BCUT2D eigenvalue weighted by Gasteiger charge is 2.20. The molecule has 0 saturated carbocycles. The predicted octanol–water partition coefficient (Wildman–Crippen LogP) is 2.17. The van der Waals surface area contributed by atoms with E-state index in [9.17, 15) is 4.79 Å². The third-order valence-corrected chi connectivity index (χ3v) is 4.95. The van der Waals surface area contributed by atoms with Crippen LogP contribution in [0.1, 0.15) is 23.6 Å². The molecule has 0 bridgehead atoms. The summed E-state index contributed by atoms with van der Waals surface area (Å²) in [7, 11) is 1.81. The zero-order valence-electron chi connectivity index (χ0n) is 13.5. The first-order valence-corrected chi connectivity index (χ1v) is 8.24. The quantitative estimate of drug-likeness (QED) is 0.449. The summed E-state index contributed by atoms with van der Waals surface area (Å²) < 4.78 is 0. The molecular formula is C15H25IN4OS. The lowest BCUT2D eigenvalue weighted by atomic mass is 10.3. The summed E-state index contributed by atoms with van der Waals surface area (Å²) in [5.74, 6) is 1.08. The van der Waals surface area contributed by atoms with Gasteiger partial charge in [0.05, 0.1) is 6.54 Å². The molecule has 1 aliphatic heterocycles. The van der Waals surface area contributed by atoms with E-state index in [0.717, 1.165) is 45.1 Å². The minimum absolute atomic E-state index is 0. The molecule has 0 atom stereocenters. The Morgan fingerprint density at radius 3 is 2.32 bits per heavy atom. The highest BCUT2D eigenvalue weighted by Crippen LogP contribution is 2.16. The zero-order valence-corrected chi connectivity index (χ0v) is 16.6. The maximum Gasteiger partial charge on any atom is 0.219 e. The molecule has 124 valence electrons. The van der Waals surface area contributed by atoms with Gasteiger partial charge in [0.15, 0.2) is 5.96 Å². The normalized spacial score (nSPS) is 15.5. The highest BCUT2D eigenvalue weighted by molar-refractivity contribution is 14.0. The molecule has 2 heterocycles. The minimum atomic E-state index is 0. The number of carbonyl (C=O) groups is 1. The van der Waals surface area contributed by atoms with Gasteiger partial charge in [-0.1, -0.05) is 6.92 Å². The van der Waals surface area contributed by atoms with Crippen LogP contribution >= 0.6 is 35.3 Å². The second-order valence-corrected chi connectivity index (χ2v) is 6.37. The van der Waals surface area contributed by atoms with Crippen molar-refractivity contribution in [3.8, 4) is 0 Å². The number of amides is 1. The third-order valence-electron chi connectivity index (χ3n) is 3.72. The molecule has 0 aliphatic carbocycles. The van der Waals surface area contributed by atoms with Gasteiger partial charge in [-0.3, -0.25) is 9.79 Å². The van der Waals surface area contributed by atoms with Crippen LogP contribution in [-0.4, -0.2) is 54.9 Å². The molecular weight excluding hydrogens is 411 g/mol. The largest absolute Gasteiger partial charge is 0.351 e. The third kappa shape index (κ3) is 5.12. The number of aryl methyl sites for hydroxylation is 1. The lowest BCUT2D eigenvalue weighted by Crippen LogP contribution is -2.53. The van der Waals surface area contributed by atoms with Crippen LogP contribution in [0.4, 0.5) is 0 Å². The number of halogens is 1. The number of hydrogen-bond acceptors (Lipinski definition) is 3. The molecule has 1 amide bonds. The maximum absolute atomic E-state index is 11.3. The number of nitrogens with one attached hydrogen (secondary N) is 1. The van der Waals surface area contributed by atoms with Crippen molar-refractivity contribution in [1.29, 1.82) is 0 Å². The van der Waals surface area contributed by atoms with E-state index in [1.807, 2.05) is 23.3 Å². The Morgan fingerprint density at radius 2 is 1.82 bits per heavy atom. The van der Waals surface area contributed by atoms with Crippen molar-refractivity contribution in [2.45, 2.75) is 26.8 Å². The van der Waals surface area contributed by atoms with Crippen molar-refractivity contribution in [3.63, 3.8) is 0 Å². The average molecular weight is 436 g/mol. The molecule has 7 heteroatoms. The van der Waals surface area contributed by atoms with Gasteiger partial charge < -0.3 is 15.1 Å². The summed E-state index contributed by atoms with van der Waals surface area (Å²) in [6, 6.07) is 4.37. The molecule has 1 saturated heterocycles. The Kier molecular flexibility index (Phi) is 8.16. The van der Waals surface area contributed by atoms with Crippen LogP contribution in [-0.2, 0) is 17.8 Å². The molecule has 22 heavy (non-hydrogen) atoms. The summed E-state index contributed by atoms with van der Waals surface area (Å²) >= 11 is 1.85. The van der Waals surface area contributed by atoms with Crippen LogP contribution < -0.4 is 5.32 Å². The first-order valence-electron chi connectivity index (χ1n) is 7.42. The molecule has 1 aromatic rings. The molecule has 1 aromatic heterocycles. The molecule has 1 N–H and O–H groups in total. The van der Waals surface area contributed by atoms with Gasteiger partial charge in [-0.25, -0.2) is 0 Å². The van der Waals surface area contributed by atoms with Gasteiger partial charge in [-0.15, -0.1) is 35.3 Å². The van der Waals surface area contributed by atoms with Crippen molar-refractivity contribution in [2.75, 3.05) is 33.2 Å². The molecule has 0 radical (unpaired) electrons. The molecule has 2 rings (SSSR count). The van der Waals surface area contributed by atoms with Gasteiger partial charge in [-0.05, 0) is 18.6 Å². The summed E-state index contributed by atoms with van der Waals surface area (Å²) in [6.07, 6.45) is 1.09. The lowest BCUT2D eigenvalue weighted by molar-refractivity contribution is -0.130. The monoisotopic (exact) mass is 436 g/mol. The molecule has 0 aromatic carbocycles. The van der Waals surface area contributed by atoms with Gasteiger partial charge in [0.1, 0.15) is 0 Å². The number of hydrogen-bond donors (Lipinski definition) is 1. The SMILES string of the molecule is CCc1ccc(CNC(=NC)N2CCN(C(C)=O)CC2)s1.I. The van der Waals surface area contributed by atoms with Gasteiger partial charge in [0, 0.05) is 49.9 Å². The Morgan fingerprint density at radius 1 is 1.23 bits per heavy atom. The lowest BCUT2D eigenvalue weighted by Gasteiger charge is -2.36. The van der Waals surface area contributed by atoms with Crippen molar-refractivity contribution >= 4 is 47.2 Å². The van der Waals surface area contributed by atoms with Crippen LogP contribution in [0.15, 0.2) is 17.1 Å². The predicted molar refractivity (Wildman–Crippen MR) is 103 cm³/mol. The van der Waals surface area contributed by atoms with Crippen LogP contribution in [0.25, 0.3) is 0 Å². The van der Waals surface area contributed by atoms with E-state index in [-0.39, 0.29) is 29.9 Å². The standard InChI is InChI=1S/C15H24N4OS.HI/c1-4-13-5-6-14(21-13)11-17-15(16-3)19-9-7-18(8-10-19)12(2)20;/h5-6H,4,7-11H2,1-3H3,(H,16,17);1H. The number of aliphatic imine (C=N–C) groups is 1. The fourth-order valence-electron chi connectivity index (χ4n) is 2.44. The summed E-state index contributed by atoms with van der Waals surface area (Å²) in [6.45, 7) is 7.84.